The third-order valence-corrected chi connectivity index (χ3v) is 5.31. The molecule has 0 fully saturated rings. The summed E-state index contributed by atoms with van der Waals surface area (Å²) in [6.07, 6.45) is 1.42. The smallest absolute Gasteiger partial charge is 0.243 e. The number of aryl methyl sites for hydroxylation is 1. The molecule has 1 aliphatic heterocycles. The average Bonchev–Trinajstić information content (AvgIpc) is 2.76. The molecule has 2 aromatic rings. The maximum Gasteiger partial charge on any atom is 0.243 e. The second-order valence-electron chi connectivity index (χ2n) is 9.15. The summed E-state index contributed by atoms with van der Waals surface area (Å²) in [4.78, 5) is 28.1. The molecule has 0 aromatic heterocycles. The van der Waals surface area contributed by atoms with Crippen molar-refractivity contribution in [1.82, 2.24) is 10.2 Å². The second kappa shape index (κ2) is 10.5. The third-order valence-electron chi connectivity index (χ3n) is 5.31. The molecular formula is C26H34N2O4. The van der Waals surface area contributed by atoms with Crippen LogP contribution in [0.3, 0.4) is 0 Å². The van der Waals surface area contributed by atoms with Gasteiger partial charge in [0, 0.05) is 18.5 Å². The van der Waals surface area contributed by atoms with Crippen molar-refractivity contribution in [3.8, 4) is 11.5 Å². The van der Waals surface area contributed by atoms with Crippen LogP contribution in [0, 0.1) is 0 Å². The van der Waals surface area contributed by atoms with Crippen molar-refractivity contribution in [3.63, 3.8) is 0 Å². The Balaban J connectivity index is 1.75. The Bertz CT molecular complexity index is 921. The van der Waals surface area contributed by atoms with Crippen molar-refractivity contribution in [2.24, 2.45) is 0 Å². The van der Waals surface area contributed by atoms with Gasteiger partial charge in [-0.15, -0.1) is 0 Å². The predicted molar refractivity (Wildman–Crippen MR) is 125 cm³/mol. The number of ether oxygens (including phenoxy) is 2. The fourth-order valence-corrected chi connectivity index (χ4v) is 3.79. The highest BCUT2D eigenvalue weighted by atomic mass is 16.6. The fourth-order valence-electron chi connectivity index (χ4n) is 3.79. The number of hydrogen-bond donors (Lipinski definition) is 1. The minimum absolute atomic E-state index is 0.0420. The normalized spacial score (nSPS) is 13.9. The average molecular weight is 439 g/mol. The van der Waals surface area contributed by atoms with Crippen LogP contribution in [-0.4, -0.2) is 41.5 Å². The highest BCUT2D eigenvalue weighted by molar-refractivity contribution is 5.88. The van der Waals surface area contributed by atoms with Crippen molar-refractivity contribution in [3.05, 3.63) is 59.7 Å². The van der Waals surface area contributed by atoms with Crippen LogP contribution in [0.15, 0.2) is 48.5 Å². The molecule has 0 aliphatic carbocycles. The number of nitrogens with zero attached hydrogens (tertiary/aromatic N) is 1. The molecule has 3 rings (SSSR count). The molecule has 172 valence electrons. The number of benzene rings is 2. The van der Waals surface area contributed by atoms with Crippen LogP contribution in [0.4, 0.5) is 0 Å². The van der Waals surface area contributed by atoms with E-state index in [1.807, 2.05) is 76.2 Å². The van der Waals surface area contributed by atoms with Gasteiger partial charge in [-0.05, 0) is 56.9 Å². The zero-order valence-corrected chi connectivity index (χ0v) is 19.5. The van der Waals surface area contributed by atoms with Crippen molar-refractivity contribution in [2.75, 3.05) is 13.2 Å². The summed E-state index contributed by atoms with van der Waals surface area (Å²) in [5.41, 5.74) is 1.65. The van der Waals surface area contributed by atoms with Gasteiger partial charge in [-0.3, -0.25) is 9.59 Å². The molecule has 0 saturated carbocycles. The summed E-state index contributed by atoms with van der Waals surface area (Å²) < 4.78 is 11.2. The lowest BCUT2D eigenvalue weighted by Gasteiger charge is -2.33. The van der Waals surface area contributed by atoms with E-state index in [0.29, 0.717) is 39.0 Å². The summed E-state index contributed by atoms with van der Waals surface area (Å²) in [5.74, 6) is 1.29. The van der Waals surface area contributed by atoms with Gasteiger partial charge in [0.2, 0.25) is 11.8 Å². The van der Waals surface area contributed by atoms with Crippen molar-refractivity contribution >= 4 is 11.8 Å². The van der Waals surface area contributed by atoms with Gasteiger partial charge in [-0.1, -0.05) is 43.3 Å². The van der Waals surface area contributed by atoms with Gasteiger partial charge >= 0.3 is 0 Å². The molecule has 0 saturated heterocycles. The summed E-state index contributed by atoms with van der Waals surface area (Å²) >= 11 is 0. The third kappa shape index (κ3) is 6.49. The van der Waals surface area contributed by atoms with Crippen molar-refractivity contribution < 1.29 is 19.1 Å². The SMILES string of the molecule is CCC(C(=O)NC(C)(C)C)N(Cc1ccccc1)C(=O)CCc1ccc2c(c1)OCCO2. The van der Waals surface area contributed by atoms with E-state index >= 15 is 0 Å². The lowest BCUT2D eigenvalue weighted by Crippen LogP contribution is -2.53. The van der Waals surface area contributed by atoms with Crippen LogP contribution < -0.4 is 14.8 Å². The van der Waals surface area contributed by atoms with E-state index in [0.717, 1.165) is 22.6 Å². The monoisotopic (exact) mass is 438 g/mol. The summed E-state index contributed by atoms with van der Waals surface area (Å²) in [7, 11) is 0. The summed E-state index contributed by atoms with van der Waals surface area (Å²) in [6.45, 7) is 9.26. The molecule has 1 atom stereocenters. The maximum atomic E-state index is 13.4. The number of carbonyl (C=O) groups is 2. The Morgan fingerprint density at radius 2 is 1.69 bits per heavy atom. The van der Waals surface area contributed by atoms with Gasteiger partial charge in [0.05, 0.1) is 0 Å². The summed E-state index contributed by atoms with van der Waals surface area (Å²) in [6, 6.07) is 15.1. The van der Waals surface area contributed by atoms with Gasteiger partial charge in [-0.2, -0.15) is 0 Å². The number of fused-ring (bicyclic) bond motifs is 1. The Morgan fingerprint density at radius 1 is 1.00 bits per heavy atom. The molecule has 2 amide bonds. The highest BCUT2D eigenvalue weighted by Crippen LogP contribution is 2.31. The molecule has 32 heavy (non-hydrogen) atoms. The number of nitrogens with one attached hydrogen (secondary N) is 1. The number of amides is 2. The van der Waals surface area contributed by atoms with Gasteiger partial charge in [-0.25, -0.2) is 0 Å². The molecule has 0 spiro atoms. The van der Waals surface area contributed by atoms with E-state index in [1.165, 1.54) is 0 Å². The van der Waals surface area contributed by atoms with Crippen molar-refractivity contribution in [1.29, 1.82) is 0 Å². The van der Waals surface area contributed by atoms with E-state index in [9.17, 15) is 9.59 Å². The van der Waals surface area contributed by atoms with Gasteiger partial charge in [0.1, 0.15) is 19.3 Å². The minimum atomic E-state index is -0.526. The number of rotatable bonds is 8. The van der Waals surface area contributed by atoms with E-state index in [1.54, 1.807) is 4.90 Å². The Labute approximate surface area is 190 Å². The first-order valence-electron chi connectivity index (χ1n) is 11.3. The molecule has 0 bridgehead atoms. The fraction of sp³-hybridized carbons (Fsp3) is 0.462. The Hall–Kier alpha value is -3.02. The number of carbonyl (C=O) groups excluding carboxylic acids is 2. The van der Waals surface area contributed by atoms with E-state index in [4.69, 9.17) is 9.47 Å². The molecular weight excluding hydrogens is 404 g/mol. The van der Waals surface area contributed by atoms with Gasteiger partial charge in [0.15, 0.2) is 11.5 Å². The first-order chi connectivity index (χ1) is 15.3. The second-order valence-corrected chi connectivity index (χ2v) is 9.15. The molecule has 2 aromatic carbocycles. The Kier molecular flexibility index (Phi) is 7.78. The highest BCUT2D eigenvalue weighted by Gasteiger charge is 2.30. The molecule has 6 heteroatoms. The van der Waals surface area contributed by atoms with Crippen LogP contribution in [-0.2, 0) is 22.6 Å². The summed E-state index contributed by atoms with van der Waals surface area (Å²) in [5, 5.41) is 3.04. The quantitative estimate of drug-likeness (QED) is 0.673. The number of hydrogen-bond acceptors (Lipinski definition) is 4. The van der Waals surface area contributed by atoms with Crippen LogP contribution in [0.25, 0.3) is 0 Å². The molecule has 0 radical (unpaired) electrons. The molecule has 1 heterocycles. The minimum Gasteiger partial charge on any atom is -0.486 e. The van der Waals surface area contributed by atoms with E-state index in [2.05, 4.69) is 5.32 Å². The van der Waals surface area contributed by atoms with Crippen LogP contribution in [0.5, 0.6) is 11.5 Å². The zero-order chi connectivity index (χ0) is 23.1. The lowest BCUT2D eigenvalue weighted by atomic mass is 10.0. The molecule has 1 N–H and O–H groups in total. The van der Waals surface area contributed by atoms with E-state index < -0.39 is 6.04 Å². The first-order valence-corrected chi connectivity index (χ1v) is 11.3. The topological polar surface area (TPSA) is 67.9 Å². The molecule has 1 aliphatic rings. The molecule has 1 unspecified atom stereocenters. The lowest BCUT2D eigenvalue weighted by molar-refractivity contribution is -0.142. The maximum absolute atomic E-state index is 13.4. The van der Waals surface area contributed by atoms with Crippen LogP contribution in [0.1, 0.15) is 51.7 Å². The standard InChI is InChI=1S/C26H34N2O4/c1-5-21(25(30)27-26(2,3)4)28(18-20-9-7-6-8-10-20)24(29)14-12-19-11-13-22-23(17-19)32-16-15-31-22/h6-11,13,17,21H,5,12,14-16,18H2,1-4H3,(H,27,30). The zero-order valence-electron chi connectivity index (χ0n) is 19.5. The van der Waals surface area contributed by atoms with Gasteiger partial charge < -0.3 is 19.7 Å². The predicted octanol–water partition coefficient (Wildman–Crippen LogP) is 4.11. The Morgan fingerprint density at radius 3 is 2.34 bits per heavy atom. The van der Waals surface area contributed by atoms with Gasteiger partial charge in [0.25, 0.3) is 0 Å². The first kappa shape index (κ1) is 23.6. The largest absolute Gasteiger partial charge is 0.486 e. The molecule has 6 nitrogen and oxygen atoms in total. The van der Waals surface area contributed by atoms with Crippen molar-refractivity contribution in [2.45, 2.75) is 65.1 Å². The van der Waals surface area contributed by atoms with Crippen LogP contribution in [0.2, 0.25) is 0 Å². The van der Waals surface area contributed by atoms with E-state index in [-0.39, 0.29) is 17.4 Å². The van der Waals surface area contributed by atoms with Crippen LogP contribution >= 0.6 is 0 Å².